The molecule has 0 aromatic heterocycles. The average Bonchev–Trinajstić information content (AvgIpc) is 3.13. The Morgan fingerprint density at radius 3 is 2.94 bits per heavy atom. The first-order chi connectivity index (χ1) is 8.61. The maximum Gasteiger partial charge on any atom is 0.104 e. The van der Waals surface area contributed by atoms with Crippen molar-refractivity contribution in [2.45, 2.75) is 42.7 Å². The highest BCUT2D eigenvalue weighted by molar-refractivity contribution is 9.10. The van der Waals surface area contributed by atoms with E-state index in [1.807, 2.05) is 19.1 Å². The Morgan fingerprint density at radius 1 is 1.56 bits per heavy atom. The molecule has 4 heteroatoms. The van der Waals surface area contributed by atoms with Gasteiger partial charge in [-0.2, -0.15) is 5.26 Å². The third kappa shape index (κ3) is 4.31. The van der Waals surface area contributed by atoms with Crippen LogP contribution in [0.15, 0.2) is 33.6 Å². The Morgan fingerprint density at radius 2 is 2.33 bits per heavy atom. The van der Waals surface area contributed by atoms with Crippen LogP contribution in [0.25, 0.3) is 0 Å². The van der Waals surface area contributed by atoms with Crippen LogP contribution in [0.3, 0.4) is 0 Å². The van der Waals surface area contributed by atoms with Gasteiger partial charge in [0.2, 0.25) is 0 Å². The van der Waals surface area contributed by atoms with Crippen molar-refractivity contribution < 1.29 is 0 Å². The summed E-state index contributed by atoms with van der Waals surface area (Å²) in [5.74, 6) is 0.959. The number of halogens is 1. The summed E-state index contributed by atoms with van der Waals surface area (Å²) in [6, 6.07) is 11.3. The maximum atomic E-state index is 9.27. The van der Waals surface area contributed by atoms with Crippen molar-refractivity contribution in [2.24, 2.45) is 0 Å². The topological polar surface area (TPSA) is 35.8 Å². The molecule has 96 valence electrons. The molecule has 2 rings (SSSR count). The first-order valence-electron chi connectivity index (χ1n) is 6.19. The van der Waals surface area contributed by atoms with Crippen LogP contribution in [0, 0.1) is 11.3 Å². The van der Waals surface area contributed by atoms with Gasteiger partial charge in [-0.05, 0) is 44.4 Å². The van der Waals surface area contributed by atoms with E-state index in [1.165, 1.54) is 17.7 Å². The minimum absolute atomic E-state index is 0.375. The molecule has 2 nitrogen and oxygen atoms in total. The Bertz CT molecular complexity index is 453. The molecule has 1 fully saturated rings. The number of benzene rings is 1. The summed E-state index contributed by atoms with van der Waals surface area (Å²) >= 11 is 5.27. The van der Waals surface area contributed by atoms with Crippen LogP contribution < -0.4 is 5.32 Å². The Kier molecular flexibility index (Phi) is 4.71. The fourth-order valence-corrected chi connectivity index (χ4v) is 3.45. The quantitative estimate of drug-likeness (QED) is 0.804. The van der Waals surface area contributed by atoms with Crippen molar-refractivity contribution in [1.82, 2.24) is 5.32 Å². The second-order valence-electron chi connectivity index (χ2n) is 4.92. The van der Waals surface area contributed by atoms with Crippen molar-refractivity contribution in [3.8, 4) is 6.07 Å². The molecule has 1 aliphatic carbocycles. The Balaban J connectivity index is 1.81. The summed E-state index contributed by atoms with van der Waals surface area (Å²) in [7, 11) is 0. The van der Waals surface area contributed by atoms with Crippen molar-refractivity contribution in [3.63, 3.8) is 0 Å². The molecular formula is C14H17BrN2S. The molecule has 1 unspecified atom stereocenters. The highest BCUT2D eigenvalue weighted by Crippen LogP contribution is 2.27. The molecule has 1 aromatic rings. The number of nitrogens with zero attached hydrogens (tertiary/aromatic N) is 1. The highest BCUT2D eigenvalue weighted by Gasteiger charge is 2.31. The Hall–Kier alpha value is -0.500. The van der Waals surface area contributed by atoms with Crippen LogP contribution in [-0.4, -0.2) is 17.3 Å². The van der Waals surface area contributed by atoms with Gasteiger partial charge in [0.05, 0.1) is 6.07 Å². The molecule has 0 radical (unpaired) electrons. The zero-order valence-electron chi connectivity index (χ0n) is 10.4. The molecule has 0 amide bonds. The molecule has 0 spiro atoms. The van der Waals surface area contributed by atoms with Crippen LogP contribution in [0.5, 0.6) is 0 Å². The lowest BCUT2D eigenvalue weighted by molar-refractivity contribution is 0.434. The van der Waals surface area contributed by atoms with Gasteiger partial charge in [0.1, 0.15) is 5.54 Å². The van der Waals surface area contributed by atoms with E-state index in [1.54, 1.807) is 11.8 Å². The summed E-state index contributed by atoms with van der Waals surface area (Å²) in [6.45, 7) is 2.01. The van der Waals surface area contributed by atoms with Gasteiger partial charge in [0, 0.05) is 21.2 Å². The second-order valence-corrected chi connectivity index (χ2v) is 7.00. The summed E-state index contributed by atoms with van der Waals surface area (Å²) in [6.07, 6.45) is 3.31. The third-order valence-corrected chi connectivity index (χ3v) is 4.50. The Labute approximate surface area is 121 Å². The largest absolute Gasteiger partial charge is 0.297 e. The third-order valence-electron chi connectivity index (χ3n) is 3.01. The van der Waals surface area contributed by atoms with Gasteiger partial charge in [-0.1, -0.05) is 22.0 Å². The van der Waals surface area contributed by atoms with E-state index >= 15 is 0 Å². The van der Waals surface area contributed by atoms with E-state index in [0.717, 1.165) is 16.6 Å². The van der Waals surface area contributed by atoms with Crippen molar-refractivity contribution in [2.75, 3.05) is 5.75 Å². The molecule has 18 heavy (non-hydrogen) atoms. The lowest BCUT2D eigenvalue weighted by Gasteiger charge is -2.22. The number of nitriles is 1. The summed E-state index contributed by atoms with van der Waals surface area (Å²) in [5, 5.41) is 12.7. The minimum Gasteiger partial charge on any atom is -0.297 e. The van der Waals surface area contributed by atoms with Gasteiger partial charge in [-0.3, -0.25) is 5.32 Å². The normalized spacial score (nSPS) is 18.1. The van der Waals surface area contributed by atoms with E-state index in [2.05, 4.69) is 39.4 Å². The van der Waals surface area contributed by atoms with Crippen LogP contribution in [0.4, 0.5) is 0 Å². The van der Waals surface area contributed by atoms with Gasteiger partial charge in [-0.15, -0.1) is 11.8 Å². The number of thioether (sulfide) groups is 1. The van der Waals surface area contributed by atoms with Crippen molar-refractivity contribution in [1.29, 1.82) is 5.26 Å². The first kappa shape index (κ1) is 13.9. The fourth-order valence-electron chi connectivity index (χ4n) is 1.77. The van der Waals surface area contributed by atoms with Gasteiger partial charge in [-0.25, -0.2) is 0 Å². The molecule has 0 heterocycles. The van der Waals surface area contributed by atoms with E-state index in [-0.39, 0.29) is 5.54 Å². The van der Waals surface area contributed by atoms with Gasteiger partial charge >= 0.3 is 0 Å². The molecule has 1 N–H and O–H groups in total. The average molecular weight is 325 g/mol. The van der Waals surface area contributed by atoms with E-state index < -0.39 is 0 Å². The molecule has 1 saturated carbocycles. The first-order valence-corrected chi connectivity index (χ1v) is 7.96. The summed E-state index contributed by atoms with van der Waals surface area (Å²) in [4.78, 5) is 1.25. The zero-order valence-corrected chi connectivity index (χ0v) is 12.9. The second kappa shape index (κ2) is 6.10. The van der Waals surface area contributed by atoms with E-state index in [0.29, 0.717) is 6.04 Å². The number of hydrogen-bond acceptors (Lipinski definition) is 3. The lowest BCUT2D eigenvalue weighted by Crippen LogP contribution is -2.42. The van der Waals surface area contributed by atoms with Crippen LogP contribution in [0.1, 0.15) is 26.2 Å². The number of nitrogens with one attached hydrogen (secondary N) is 1. The molecule has 1 aromatic carbocycles. The predicted octanol–water partition coefficient (Wildman–Crippen LogP) is 3.97. The molecule has 0 bridgehead atoms. The molecule has 0 aliphatic heterocycles. The predicted molar refractivity (Wildman–Crippen MR) is 79.7 cm³/mol. The molecule has 1 aliphatic rings. The van der Waals surface area contributed by atoms with Crippen LogP contribution in [0.2, 0.25) is 0 Å². The van der Waals surface area contributed by atoms with Gasteiger partial charge < -0.3 is 0 Å². The minimum atomic E-state index is -0.375. The van der Waals surface area contributed by atoms with Crippen LogP contribution in [-0.2, 0) is 0 Å². The molecule has 0 saturated heterocycles. The monoisotopic (exact) mass is 324 g/mol. The van der Waals surface area contributed by atoms with Crippen LogP contribution >= 0.6 is 27.7 Å². The maximum absolute atomic E-state index is 9.27. The van der Waals surface area contributed by atoms with Gasteiger partial charge in [0.15, 0.2) is 0 Å². The van der Waals surface area contributed by atoms with Gasteiger partial charge in [0.25, 0.3) is 0 Å². The number of hydrogen-bond donors (Lipinski definition) is 1. The smallest absolute Gasteiger partial charge is 0.104 e. The molecule has 1 atom stereocenters. The van der Waals surface area contributed by atoms with Crippen molar-refractivity contribution >= 4 is 27.7 Å². The number of rotatable bonds is 6. The van der Waals surface area contributed by atoms with E-state index in [4.69, 9.17) is 0 Å². The van der Waals surface area contributed by atoms with E-state index in [9.17, 15) is 5.26 Å². The zero-order chi connectivity index (χ0) is 13.0. The standard InChI is InChI=1S/C14H17BrN2S/c1-14(10-16,17-12-5-6-12)7-8-18-13-4-2-3-11(15)9-13/h2-4,9,12,17H,5-8H2,1H3. The van der Waals surface area contributed by atoms with Crippen molar-refractivity contribution in [3.05, 3.63) is 28.7 Å². The highest BCUT2D eigenvalue weighted by atomic mass is 79.9. The fraction of sp³-hybridized carbons (Fsp3) is 0.500. The lowest BCUT2D eigenvalue weighted by atomic mass is 10.0. The molecular weight excluding hydrogens is 308 g/mol. The summed E-state index contributed by atoms with van der Waals surface area (Å²) in [5.41, 5.74) is -0.375. The summed E-state index contributed by atoms with van der Waals surface area (Å²) < 4.78 is 1.10. The SMILES string of the molecule is CC(C#N)(CCSc1cccc(Br)c1)NC1CC1.